The molecule has 1 atom stereocenters. The number of aliphatic hydroxyl groups is 1. The molecule has 0 fully saturated rings. The normalized spacial score (nSPS) is 12.4. The minimum Gasteiger partial charge on any atom is -0.387 e. The van der Waals surface area contributed by atoms with Crippen LogP contribution < -0.4 is 10.0 Å². The molecule has 1 unspecified atom stereocenters. The summed E-state index contributed by atoms with van der Waals surface area (Å²) in [4.78, 5) is 8.80. The molecule has 3 N–H and O–H groups in total. The van der Waals surface area contributed by atoms with Crippen LogP contribution >= 0.6 is 11.5 Å². The molecule has 0 saturated carbocycles. The topological polar surface area (TPSA) is 117 Å². The van der Waals surface area contributed by atoms with Crippen LogP contribution in [0.1, 0.15) is 49.2 Å². The molecule has 0 saturated heterocycles. The van der Waals surface area contributed by atoms with Gasteiger partial charge in [-0.1, -0.05) is 50.1 Å². The number of nitrogens with zero attached hydrogens (tertiary/aromatic N) is 3. The summed E-state index contributed by atoms with van der Waals surface area (Å²) in [5.41, 5.74) is 3.19. The van der Waals surface area contributed by atoms with E-state index in [-0.39, 0.29) is 4.90 Å². The molecule has 2 aromatic carbocycles. The molecule has 4 aromatic rings. The molecule has 2 heterocycles. The van der Waals surface area contributed by atoms with Gasteiger partial charge < -0.3 is 10.4 Å². The summed E-state index contributed by atoms with van der Waals surface area (Å²) in [5, 5.41) is 14.2. The van der Waals surface area contributed by atoms with Crippen molar-refractivity contribution in [3.63, 3.8) is 0 Å². The Hall–Kier alpha value is -3.18. The largest absolute Gasteiger partial charge is 0.387 e. The standard InChI is InChI=1S/C28H33N5O3S2/c1-2-3-4-7-27-31-28(37-32-27)22-10-14-25(15-11-22)38(35,36)33-24-12-8-21(9-13-24)16-18-30-20-26(34)23-6-5-17-29-19-23/h5-6,8-15,17,19,26,30,33-34H,2-4,7,16,18,20H2,1H3. The monoisotopic (exact) mass is 551 g/mol. The van der Waals surface area contributed by atoms with Gasteiger partial charge in [0.05, 0.1) is 11.0 Å². The average molecular weight is 552 g/mol. The van der Waals surface area contributed by atoms with Crippen molar-refractivity contribution in [2.45, 2.75) is 50.0 Å². The predicted molar refractivity (Wildman–Crippen MR) is 152 cm³/mol. The molecule has 200 valence electrons. The van der Waals surface area contributed by atoms with E-state index in [4.69, 9.17) is 0 Å². The number of unbranched alkanes of at least 4 members (excludes halogenated alkanes) is 2. The molecular weight excluding hydrogens is 518 g/mol. The molecule has 38 heavy (non-hydrogen) atoms. The van der Waals surface area contributed by atoms with Gasteiger partial charge in [0.2, 0.25) is 0 Å². The molecule has 4 rings (SSSR count). The Morgan fingerprint density at radius 1 is 1.00 bits per heavy atom. The first-order valence-corrected chi connectivity index (χ1v) is 15.0. The first kappa shape index (κ1) is 27.8. The zero-order valence-corrected chi connectivity index (χ0v) is 23.0. The minimum absolute atomic E-state index is 0.189. The number of anilines is 1. The highest BCUT2D eigenvalue weighted by Gasteiger charge is 2.15. The van der Waals surface area contributed by atoms with Gasteiger partial charge >= 0.3 is 0 Å². The molecule has 10 heteroatoms. The van der Waals surface area contributed by atoms with Crippen molar-refractivity contribution in [3.8, 4) is 10.6 Å². The Balaban J connectivity index is 1.27. The second kappa shape index (κ2) is 13.6. The van der Waals surface area contributed by atoms with E-state index >= 15 is 0 Å². The van der Waals surface area contributed by atoms with E-state index in [0.717, 1.165) is 59.6 Å². The van der Waals surface area contributed by atoms with Crippen LogP contribution in [-0.2, 0) is 22.9 Å². The molecule has 2 aromatic heterocycles. The Morgan fingerprint density at radius 2 is 1.79 bits per heavy atom. The van der Waals surface area contributed by atoms with Crippen molar-refractivity contribution in [1.29, 1.82) is 0 Å². The van der Waals surface area contributed by atoms with E-state index in [2.05, 4.69) is 31.3 Å². The highest BCUT2D eigenvalue weighted by Crippen LogP contribution is 2.25. The van der Waals surface area contributed by atoms with Crippen molar-refractivity contribution in [2.24, 2.45) is 0 Å². The lowest BCUT2D eigenvalue weighted by Crippen LogP contribution is -2.23. The van der Waals surface area contributed by atoms with Crippen LogP contribution in [0.2, 0.25) is 0 Å². The van der Waals surface area contributed by atoms with Crippen LogP contribution in [0.4, 0.5) is 5.69 Å². The molecule has 0 aliphatic carbocycles. The lowest BCUT2D eigenvalue weighted by molar-refractivity contribution is 0.174. The highest BCUT2D eigenvalue weighted by molar-refractivity contribution is 7.92. The van der Waals surface area contributed by atoms with Gasteiger partial charge in [-0.05, 0) is 66.8 Å². The van der Waals surface area contributed by atoms with E-state index in [9.17, 15) is 13.5 Å². The Labute approximate surface area is 228 Å². The SMILES string of the molecule is CCCCCc1nsc(-c2ccc(S(=O)(=O)Nc3ccc(CCNCC(O)c4cccnc4)cc3)cc2)n1. The molecule has 8 nitrogen and oxygen atoms in total. The number of rotatable bonds is 14. The minimum atomic E-state index is -3.72. The molecule has 0 aliphatic heterocycles. The zero-order valence-electron chi connectivity index (χ0n) is 21.4. The Morgan fingerprint density at radius 3 is 2.50 bits per heavy atom. The van der Waals surface area contributed by atoms with Crippen molar-refractivity contribution < 1.29 is 13.5 Å². The van der Waals surface area contributed by atoms with Gasteiger partial charge in [0.1, 0.15) is 10.8 Å². The third-order valence-electron chi connectivity index (χ3n) is 6.09. The van der Waals surface area contributed by atoms with Gasteiger partial charge in [0, 0.05) is 42.2 Å². The van der Waals surface area contributed by atoms with Crippen molar-refractivity contribution in [3.05, 3.63) is 90.0 Å². The Kier molecular flexibility index (Phi) is 9.94. The number of aryl methyl sites for hydroxylation is 1. The van der Waals surface area contributed by atoms with Crippen molar-refractivity contribution in [2.75, 3.05) is 17.8 Å². The number of sulfonamides is 1. The fourth-order valence-corrected chi connectivity index (χ4v) is 5.67. The van der Waals surface area contributed by atoms with Crippen LogP contribution in [0.15, 0.2) is 78.0 Å². The Bertz CT molecular complexity index is 1380. The summed E-state index contributed by atoms with van der Waals surface area (Å²) >= 11 is 1.34. The average Bonchev–Trinajstić information content (AvgIpc) is 3.41. The van der Waals surface area contributed by atoms with Gasteiger partial charge in [-0.2, -0.15) is 4.37 Å². The highest BCUT2D eigenvalue weighted by atomic mass is 32.2. The summed E-state index contributed by atoms with van der Waals surface area (Å²) in [6.45, 7) is 3.28. The first-order valence-electron chi connectivity index (χ1n) is 12.8. The summed E-state index contributed by atoms with van der Waals surface area (Å²) in [6.07, 6.45) is 7.73. The van der Waals surface area contributed by atoms with Crippen LogP contribution in [0, 0.1) is 0 Å². The fourth-order valence-electron chi connectivity index (χ4n) is 3.90. The maximum atomic E-state index is 12.9. The van der Waals surface area contributed by atoms with Gasteiger partial charge in [0.25, 0.3) is 10.0 Å². The number of aromatic nitrogens is 3. The third-order valence-corrected chi connectivity index (χ3v) is 8.29. The fraction of sp³-hybridized carbons (Fsp3) is 0.321. The van der Waals surface area contributed by atoms with Gasteiger partial charge in [-0.15, -0.1) is 0 Å². The number of pyridine rings is 1. The lowest BCUT2D eigenvalue weighted by Gasteiger charge is -2.12. The van der Waals surface area contributed by atoms with E-state index < -0.39 is 16.1 Å². The maximum absolute atomic E-state index is 12.9. The van der Waals surface area contributed by atoms with E-state index in [0.29, 0.717) is 18.8 Å². The molecule has 0 radical (unpaired) electrons. The molecule has 0 spiro atoms. The van der Waals surface area contributed by atoms with Crippen molar-refractivity contribution >= 4 is 27.2 Å². The zero-order chi connectivity index (χ0) is 26.8. The summed E-state index contributed by atoms with van der Waals surface area (Å²) in [5.74, 6) is 0.846. The van der Waals surface area contributed by atoms with E-state index in [1.807, 2.05) is 18.2 Å². The van der Waals surface area contributed by atoms with Crippen LogP contribution in [0.5, 0.6) is 0 Å². The number of hydrogen-bond donors (Lipinski definition) is 3. The van der Waals surface area contributed by atoms with Crippen molar-refractivity contribution in [1.82, 2.24) is 19.7 Å². The first-order chi connectivity index (χ1) is 18.4. The number of benzene rings is 2. The molecular formula is C28H33N5O3S2. The van der Waals surface area contributed by atoms with Gasteiger partial charge in [0.15, 0.2) is 0 Å². The maximum Gasteiger partial charge on any atom is 0.261 e. The quantitative estimate of drug-likeness (QED) is 0.189. The van der Waals surface area contributed by atoms with Gasteiger partial charge in [-0.3, -0.25) is 9.71 Å². The van der Waals surface area contributed by atoms with Crippen LogP contribution in [0.25, 0.3) is 10.6 Å². The smallest absolute Gasteiger partial charge is 0.261 e. The molecule has 0 amide bonds. The number of aliphatic hydroxyl groups excluding tert-OH is 1. The number of nitrogens with one attached hydrogen (secondary N) is 2. The van der Waals surface area contributed by atoms with Gasteiger partial charge in [-0.25, -0.2) is 13.4 Å². The summed E-state index contributed by atoms with van der Waals surface area (Å²) in [6, 6.07) is 17.7. The predicted octanol–water partition coefficient (Wildman–Crippen LogP) is 5.00. The molecule has 0 aliphatic rings. The second-order valence-electron chi connectivity index (χ2n) is 9.06. The second-order valence-corrected chi connectivity index (χ2v) is 11.5. The number of hydrogen-bond acceptors (Lipinski definition) is 8. The summed E-state index contributed by atoms with van der Waals surface area (Å²) in [7, 11) is -3.72. The van der Waals surface area contributed by atoms with Crippen LogP contribution in [0.3, 0.4) is 0 Å². The lowest BCUT2D eigenvalue weighted by atomic mass is 10.1. The summed E-state index contributed by atoms with van der Waals surface area (Å²) < 4.78 is 32.9. The van der Waals surface area contributed by atoms with E-state index in [1.165, 1.54) is 11.5 Å². The van der Waals surface area contributed by atoms with Crippen LogP contribution in [-0.4, -0.2) is 41.0 Å². The molecule has 0 bridgehead atoms. The third kappa shape index (κ3) is 7.91. The van der Waals surface area contributed by atoms with E-state index in [1.54, 1.807) is 54.9 Å².